The largest absolute Gasteiger partial charge is 0.507 e. The van der Waals surface area contributed by atoms with Crippen LogP contribution >= 0.6 is 0 Å². The Hall–Kier alpha value is -2.30. The second-order valence-electron chi connectivity index (χ2n) is 2.99. The number of carboxylic acids is 1. The molecular formula is C11H10O5. The molecule has 0 bridgehead atoms. The molecule has 2 N–H and O–H groups in total. The highest BCUT2D eigenvalue weighted by Gasteiger charge is 2.03. The molecule has 0 spiro atoms. The molecule has 1 aromatic rings. The summed E-state index contributed by atoms with van der Waals surface area (Å²) in [5.74, 6) is -1.46. The van der Waals surface area contributed by atoms with Crippen LogP contribution < -0.4 is 4.74 Å². The number of carbonyl (C=O) groups is 2. The number of carbonyl (C=O) groups excluding carboxylic acids is 1. The molecule has 5 heteroatoms. The van der Waals surface area contributed by atoms with Gasteiger partial charge in [-0.1, -0.05) is 0 Å². The van der Waals surface area contributed by atoms with Crippen molar-refractivity contribution < 1.29 is 24.5 Å². The molecule has 84 valence electrons. The Labute approximate surface area is 91.6 Å². The second kappa shape index (κ2) is 4.97. The predicted octanol–water partition coefficient (Wildman–Crippen LogP) is 1.42. The molecule has 1 aromatic carbocycles. The van der Waals surface area contributed by atoms with Crippen LogP contribution in [-0.2, 0) is 9.59 Å². The van der Waals surface area contributed by atoms with E-state index in [1.54, 1.807) is 0 Å². The Kier molecular flexibility index (Phi) is 3.66. The summed E-state index contributed by atoms with van der Waals surface area (Å²) in [6.45, 7) is 1.25. The van der Waals surface area contributed by atoms with Crippen LogP contribution in [0.5, 0.6) is 11.5 Å². The van der Waals surface area contributed by atoms with Crippen molar-refractivity contribution in [2.75, 3.05) is 0 Å². The minimum atomic E-state index is -1.13. The van der Waals surface area contributed by atoms with E-state index in [1.165, 1.54) is 31.2 Å². The fourth-order valence-corrected chi connectivity index (χ4v) is 1.06. The van der Waals surface area contributed by atoms with Crippen LogP contribution in [0.1, 0.15) is 12.5 Å². The number of esters is 1. The molecule has 0 aliphatic rings. The average Bonchev–Trinajstić information content (AvgIpc) is 2.18. The van der Waals surface area contributed by atoms with E-state index in [-0.39, 0.29) is 17.1 Å². The maximum Gasteiger partial charge on any atom is 0.328 e. The van der Waals surface area contributed by atoms with Gasteiger partial charge in [0.1, 0.15) is 11.5 Å². The summed E-state index contributed by atoms with van der Waals surface area (Å²) in [5.41, 5.74) is 0.265. The van der Waals surface area contributed by atoms with Crippen molar-refractivity contribution in [2.24, 2.45) is 0 Å². The minimum Gasteiger partial charge on any atom is -0.507 e. The van der Waals surface area contributed by atoms with Crippen LogP contribution in [0.25, 0.3) is 6.08 Å². The monoisotopic (exact) mass is 222 g/mol. The Bertz CT molecular complexity index is 448. The van der Waals surface area contributed by atoms with Gasteiger partial charge < -0.3 is 14.9 Å². The SMILES string of the molecule is CC(=O)Oc1ccc(O)c(C=CC(=O)O)c1. The molecule has 0 aliphatic heterocycles. The van der Waals surface area contributed by atoms with E-state index in [9.17, 15) is 14.7 Å². The molecule has 0 atom stereocenters. The van der Waals surface area contributed by atoms with E-state index >= 15 is 0 Å². The van der Waals surface area contributed by atoms with Gasteiger partial charge in [-0.2, -0.15) is 0 Å². The van der Waals surface area contributed by atoms with Crippen molar-refractivity contribution in [1.29, 1.82) is 0 Å². The molecule has 0 heterocycles. The van der Waals surface area contributed by atoms with Gasteiger partial charge >= 0.3 is 11.9 Å². The topological polar surface area (TPSA) is 83.8 Å². The van der Waals surface area contributed by atoms with Gasteiger partial charge in [0.05, 0.1) is 0 Å². The molecule has 0 unspecified atom stereocenters. The van der Waals surface area contributed by atoms with E-state index in [0.717, 1.165) is 6.08 Å². The Morgan fingerprint density at radius 2 is 2.06 bits per heavy atom. The summed E-state index contributed by atoms with van der Waals surface area (Å²) in [6, 6.07) is 4.10. The maximum absolute atomic E-state index is 10.7. The van der Waals surface area contributed by atoms with Gasteiger partial charge in [-0.05, 0) is 24.3 Å². The van der Waals surface area contributed by atoms with Crippen molar-refractivity contribution in [1.82, 2.24) is 0 Å². The van der Waals surface area contributed by atoms with Gasteiger partial charge in [0.2, 0.25) is 0 Å². The van der Waals surface area contributed by atoms with E-state index in [1.807, 2.05) is 0 Å². The number of aliphatic carboxylic acids is 1. The minimum absolute atomic E-state index is 0.0894. The van der Waals surface area contributed by atoms with Crippen molar-refractivity contribution >= 4 is 18.0 Å². The number of carboxylic acid groups (broad SMARTS) is 1. The van der Waals surface area contributed by atoms with Gasteiger partial charge in [0.25, 0.3) is 0 Å². The van der Waals surface area contributed by atoms with Crippen LogP contribution in [0.3, 0.4) is 0 Å². The van der Waals surface area contributed by atoms with E-state index in [4.69, 9.17) is 9.84 Å². The summed E-state index contributed by atoms with van der Waals surface area (Å²) in [7, 11) is 0. The van der Waals surface area contributed by atoms with Gasteiger partial charge in [0.15, 0.2) is 0 Å². The number of hydrogen-bond acceptors (Lipinski definition) is 4. The number of rotatable bonds is 3. The summed E-state index contributed by atoms with van der Waals surface area (Å²) in [5, 5.41) is 17.8. The number of phenolic OH excluding ortho intramolecular Hbond substituents is 1. The number of hydrogen-bond donors (Lipinski definition) is 2. The van der Waals surface area contributed by atoms with Crippen molar-refractivity contribution in [3.8, 4) is 11.5 Å². The third kappa shape index (κ3) is 3.45. The molecule has 1 rings (SSSR count). The molecule has 0 saturated carbocycles. The number of aromatic hydroxyl groups is 1. The van der Waals surface area contributed by atoms with Gasteiger partial charge in [-0.15, -0.1) is 0 Å². The third-order valence-electron chi connectivity index (χ3n) is 1.67. The Morgan fingerprint density at radius 3 is 2.62 bits per heavy atom. The normalized spacial score (nSPS) is 10.3. The van der Waals surface area contributed by atoms with Crippen molar-refractivity contribution in [3.05, 3.63) is 29.8 Å². The van der Waals surface area contributed by atoms with Crippen LogP contribution in [0.15, 0.2) is 24.3 Å². The van der Waals surface area contributed by atoms with Crippen LogP contribution in [0, 0.1) is 0 Å². The highest BCUT2D eigenvalue weighted by Crippen LogP contribution is 2.24. The summed E-state index contributed by atoms with van der Waals surface area (Å²) >= 11 is 0. The highest BCUT2D eigenvalue weighted by atomic mass is 16.5. The molecular weight excluding hydrogens is 212 g/mol. The molecule has 0 aromatic heterocycles. The average molecular weight is 222 g/mol. The summed E-state index contributed by atoms with van der Waals surface area (Å²) < 4.78 is 4.79. The van der Waals surface area contributed by atoms with E-state index in [2.05, 4.69) is 0 Å². The first kappa shape index (κ1) is 11.8. The number of ether oxygens (including phenoxy) is 1. The van der Waals surface area contributed by atoms with Crippen LogP contribution in [0.2, 0.25) is 0 Å². The number of benzene rings is 1. The lowest BCUT2D eigenvalue weighted by molar-refractivity contribution is -0.132. The first-order valence-corrected chi connectivity index (χ1v) is 4.41. The predicted molar refractivity (Wildman–Crippen MR) is 56.1 cm³/mol. The first-order valence-electron chi connectivity index (χ1n) is 4.41. The van der Waals surface area contributed by atoms with Crippen LogP contribution in [0.4, 0.5) is 0 Å². The van der Waals surface area contributed by atoms with E-state index < -0.39 is 11.9 Å². The first-order chi connectivity index (χ1) is 7.49. The Morgan fingerprint density at radius 1 is 1.38 bits per heavy atom. The lowest BCUT2D eigenvalue weighted by Gasteiger charge is -2.03. The molecule has 0 amide bonds. The zero-order valence-electron chi connectivity index (χ0n) is 8.51. The van der Waals surface area contributed by atoms with E-state index in [0.29, 0.717) is 0 Å². The molecule has 0 saturated heterocycles. The lowest BCUT2D eigenvalue weighted by Crippen LogP contribution is -2.01. The fourth-order valence-electron chi connectivity index (χ4n) is 1.06. The maximum atomic E-state index is 10.7. The van der Waals surface area contributed by atoms with Gasteiger partial charge in [-0.25, -0.2) is 4.79 Å². The fraction of sp³-hybridized carbons (Fsp3) is 0.0909. The third-order valence-corrected chi connectivity index (χ3v) is 1.67. The number of phenols is 1. The zero-order chi connectivity index (χ0) is 12.1. The molecule has 0 aliphatic carbocycles. The highest BCUT2D eigenvalue weighted by molar-refractivity contribution is 5.86. The quantitative estimate of drug-likeness (QED) is 0.459. The van der Waals surface area contributed by atoms with Gasteiger partial charge in [-0.3, -0.25) is 4.79 Å². The van der Waals surface area contributed by atoms with Crippen LogP contribution in [-0.4, -0.2) is 22.2 Å². The van der Waals surface area contributed by atoms with Gasteiger partial charge in [0, 0.05) is 18.6 Å². The van der Waals surface area contributed by atoms with Crippen molar-refractivity contribution in [3.63, 3.8) is 0 Å². The lowest BCUT2D eigenvalue weighted by atomic mass is 10.2. The second-order valence-corrected chi connectivity index (χ2v) is 2.99. The smallest absolute Gasteiger partial charge is 0.328 e. The Balaban J connectivity index is 2.99. The molecule has 0 radical (unpaired) electrons. The molecule has 0 fully saturated rings. The summed E-state index contributed by atoms with van der Waals surface area (Å²) in [4.78, 5) is 21.0. The summed E-state index contributed by atoms with van der Waals surface area (Å²) in [6.07, 6.45) is 2.09. The zero-order valence-corrected chi connectivity index (χ0v) is 8.51. The van der Waals surface area contributed by atoms with Crippen molar-refractivity contribution in [2.45, 2.75) is 6.92 Å². The molecule has 16 heavy (non-hydrogen) atoms. The molecule has 5 nitrogen and oxygen atoms in total. The standard InChI is InChI=1S/C11H10O5/c1-7(12)16-9-3-4-10(13)8(6-9)2-5-11(14)15/h2-6,13H,1H3,(H,14,15).